The van der Waals surface area contributed by atoms with Gasteiger partial charge < -0.3 is 4.74 Å². The molecular formula is C14H25BrO2. The van der Waals surface area contributed by atoms with E-state index >= 15 is 0 Å². The van der Waals surface area contributed by atoms with Crippen molar-refractivity contribution < 1.29 is 9.53 Å². The van der Waals surface area contributed by atoms with Crippen molar-refractivity contribution in [3.05, 3.63) is 12.2 Å². The van der Waals surface area contributed by atoms with Gasteiger partial charge in [-0.3, -0.25) is 4.79 Å². The van der Waals surface area contributed by atoms with Crippen molar-refractivity contribution in [2.24, 2.45) is 0 Å². The van der Waals surface area contributed by atoms with Crippen LogP contribution in [0.15, 0.2) is 12.2 Å². The Labute approximate surface area is 114 Å². The van der Waals surface area contributed by atoms with Gasteiger partial charge in [0.05, 0.1) is 0 Å². The van der Waals surface area contributed by atoms with Crippen molar-refractivity contribution in [1.29, 1.82) is 0 Å². The Bertz CT molecular complexity index is 202. The maximum absolute atomic E-state index is 11.3. The fourth-order valence-corrected chi connectivity index (χ4v) is 1.86. The van der Waals surface area contributed by atoms with Crippen LogP contribution in [0.25, 0.3) is 0 Å². The summed E-state index contributed by atoms with van der Waals surface area (Å²) in [5, 5.41) is 1.08. The van der Waals surface area contributed by atoms with Crippen LogP contribution in [0.4, 0.5) is 0 Å². The number of carbonyl (C=O) groups is 1. The fraction of sp³-hybridized carbons (Fsp3) is 0.786. The highest BCUT2D eigenvalue weighted by Gasteiger charge is 2.00. The molecule has 0 spiro atoms. The first kappa shape index (κ1) is 16.7. The van der Waals surface area contributed by atoms with E-state index in [1.807, 2.05) is 6.08 Å². The van der Waals surface area contributed by atoms with Crippen molar-refractivity contribution in [1.82, 2.24) is 0 Å². The summed E-state index contributed by atoms with van der Waals surface area (Å²) >= 11 is 3.41. The molecule has 0 radical (unpaired) electrons. The first-order chi connectivity index (χ1) is 8.31. The molecule has 0 N–H and O–H groups in total. The second-order valence-corrected chi connectivity index (χ2v) is 4.94. The van der Waals surface area contributed by atoms with E-state index in [4.69, 9.17) is 4.74 Å². The molecule has 0 atom stereocenters. The first-order valence-electron chi connectivity index (χ1n) is 6.67. The minimum atomic E-state index is -0.0633. The van der Waals surface area contributed by atoms with Gasteiger partial charge in [-0.1, -0.05) is 60.7 Å². The zero-order valence-corrected chi connectivity index (χ0v) is 12.5. The average Bonchev–Trinajstić information content (AvgIpc) is 2.33. The quantitative estimate of drug-likeness (QED) is 0.241. The lowest BCUT2D eigenvalue weighted by Gasteiger charge is -2.02. The number of hydrogen-bond acceptors (Lipinski definition) is 2. The molecular weight excluding hydrogens is 280 g/mol. The minimum Gasteiger partial charge on any atom is -0.461 e. The number of rotatable bonds is 11. The Kier molecular flexibility index (Phi) is 13.5. The summed E-state index contributed by atoms with van der Waals surface area (Å²) in [5.74, 6) is -0.0633. The van der Waals surface area contributed by atoms with Crippen LogP contribution in [0.3, 0.4) is 0 Å². The van der Waals surface area contributed by atoms with Gasteiger partial charge in [0, 0.05) is 11.8 Å². The zero-order valence-electron chi connectivity index (χ0n) is 10.9. The maximum atomic E-state index is 11.3. The second-order valence-electron chi connectivity index (χ2n) is 4.15. The third-order valence-corrected chi connectivity index (χ3v) is 3.04. The summed E-state index contributed by atoms with van der Waals surface area (Å²) in [4.78, 5) is 11.3. The van der Waals surface area contributed by atoms with E-state index in [1.165, 1.54) is 19.3 Å². The molecule has 0 aliphatic heterocycles. The van der Waals surface area contributed by atoms with E-state index in [1.54, 1.807) is 0 Å². The molecule has 100 valence electrons. The van der Waals surface area contributed by atoms with E-state index < -0.39 is 0 Å². The molecule has 0 aliphatic rings. The molecule has 0 rings (SSSR count). The Hall–Kier alpha value is -0.310. The van der Waals surface area contributed by atoms with Gasteiger partial charge in [-0.25, -0.2) is 0 Å². The Balaban J connectivity index is 3.23. The van der Waals surface area contributed by atoms with Crippen molar-refractivity contribution >= 4 is 21.9 Å². The zero-order chi connectivity index (χ0) is 12.8. The Morgan fingerprint density at radius 1 is 1.12 bits per heavy atom. The summed E-state index contributed by atoms with van der Waals surface area (Å²) < 4.78 is 5.08. The number of alkyl halides is 1. The third kappa shape index (κ3) is 13.6. The highest BCUT2D eigenvalue weighted by Crippen LogP contribution is 2.07. The van der Waals surface area contributed by atoms with Crippen LogP contribution < -0.4 is 0 Å². The topological polar surface area (TPSA) is 26.3 Å². The van der Waals surface area contributed by atoms with Crippen molar-refractivity contribution in [2.75, 3.05) is 11.9 Å². The lowest BCUT2D eigenvalue weighted by Crippen LogP contribution is -2.03. The van der Waals surface area contributed by atoms with Crippen LogP contribution >= 0.6 is 15.9 Å². The molecule has 0 aliphatic carbocycles. The largest absolute Gasteiger partial charge is 0.461 e. The van der Waals surface area contributed by atoms with Gasteiger partial charge in [-0.2, -0.15) is 0 Å². The second kappa shape index (κ2) is 13.8. The summed E-state index contributed by atoms with van der Waals surface area (Å²) in [7, 11) is 0. The molecule has 0 saturated heterocycles. The van der Waals surface area contributed by atoms with Crippen LogP contribution in [0.5, 0.6) is 0 Å². The summed E-state index contributed by atoms with van der Waals surface area (Å²) in [6.07, 6.45) is 12.5. The number of halogens is 1. The standard InChI is InChI=1S/C14H25BrO2/c1-2-3-4-10-13-17-14(16)11-8-6-5-7-9-12-15/h4,10H,2-3,5-9,11-13H2,1H3/b10-4+. The van der Waals surface area contributed by atoms with Crippen LogP contribution in [0.1, 0.15) is 58.3 Å². The molecule has 0 amide bonds. The monoisotopic (exact) mass is 304 g/mol. The molecule has 2 nitrogen and oxygen atoms in total. The lowest BCUT2D eigenvalue weighted by molar-refractivity contribution is -0.142. The molecule has 0 saturated carbocycles. The van der Waals surface area contributed by atoms with E-state index in [-0.39, 0.29) is 5.97 Å². The number of hydrogen-bond donors (Lipinski definition) is 0. The fourth-order valence-electron chi connectivity index (χ4n) is 1.46. The van der Waals surface area contributed by atoms with Crippen LogP contribution in [0, 0.1) is 0 Å². The van der Waals surface area contributed by atoms with E-state index in [9.17, 15) is 4.79 Å². The third-order valence-electron chi connectivity index (χ3n) is 2.48. The van der Waals surface area contributed by atoms with Gasteiger partial charge >= 0.3 is 5.97 Å². The van der Waals surface area contributed by atoms with Gasteiger partial charge in [-0.15, -0.1) is 0 Å². The number of allylic oxidation sites excluding steroid dienone is 1. The highest BCUT2D eigenvalue weighted by atomic mass is 79.9. The number of ether oxygens (including phenoxy) is 1. The normalized spacial score (nSPS) is 10.9. The van der Waals surface area contributed by atoms with E-state index in [0.29, 0.717) is 13.0 Å². The predicted octanol–water partition coefficient (Wildman–Crippen LogP) is 4.62. The molecule has 0 aromatic heterocycles. The molecule has 0 aromatic carbocycles. The summed E-state index contributed by atoms with van der Waals surface area (Å²) in [6.45, 7) is 2.56. The molecule has 0 heterocycles. The van der Waals surface area contributed by atoms with E-state index in [0.717, 1.165) is 31.0 Å². The number of carbonyl (C=O) groups excluding carboxylic acids is 1. The molecule has 0 aromatic rings. The van der Waals surface area contributed by atoms with Gasteiger partial charge in [0.25, 0.3) is 0 Å². The molecule has 0 bridgehead atoms. The number of unbranched alkanes of at least 4 members (excludes halogenated alkanes) is 5. The highest BCUT2D eigenvalue weighted by molar-refractivity contribution is 9.09. The number of esters is 1. The SMILES string of the molecule is CCC/C=C/COC(=O)CCCCCCCBr. The molecule has 3 heteroatoms. The van der Waals surface area contributed by atoms with Crippen molar-refractivity contribution in [3.8, 4) is 0 Å². The average molecular weight is 305 g/mol. The molecule has 17 heavy (non-hydrogen) atoms. The molecule has 0 fully saturated rings. The predicted molar refractivity (Wildman–Crippen MR) is 76.5 cm³/mol. The van der Waals surface area contributed by atoms with Crippen molar-refractivity contribution in [2.45, 2.75) is 58.3 Å². The summed E-state index contributed by atoms with van der Waals surface area (Å²) in [6, 6.07) is 0. The van der Waals surface area contributed by atoms with E-state index in [2.05, 4.69) is 28.9 Å². The lowest BCUT2D eigenvalue weighted by atomic mass is 10.1. The maximum Gasteiger partial charge on any atom is 0.306 e. The van der Waals surface area contributed by atoms with Gasteiger partial charge in [0.1, 0.15) is 6.61 Å². The van der Waals surface area contributed by atoms with Crippen molar-refractivity contribution in [3.63, 3.8) is 0 Å². The van der Waals surface area contributed by atoms with Crippen LogP contribution in [-0.4, -0.2) is 17.9 Å². The minimum absolute atomic E-state index is 0.0633. The first-order valence-corrected chi connectivity index (χ1v) is 7.80. The van der Waals surface area contributed by atoms with Gasteiger partial charge in [0.15, 0.2) is 0 Å². The Morgan fingerprint density at radius 3 is 2.53 bits per heavy atom. The summed E-state index contributed by atoms with van der Waals surface area (Å²) in [5.41, 5.74) is 0. The van der Waals surface area contributed by atoms with Gasteiger partial charge in [0.2, 0.25) is 0 Å². The van der Waals surface area contributed by atoms with Gasteiger partial charge in [-0.05, 0) is 19.3 Å². The Morgan fingerprint density at radius 2 is 1.82 bits per heavy atom. The smallest absolute Gasteiger partial charge is 0.306 e. The van der Waals surface area contributed by atoms with Crippen LogP contribution in [-0.2, 0) is 9.53 Å². The molecule has 0 unspecified atom stereocenters. The van der Waals surface area contributed by atoms with Crippen LogP contribution in [0.2, 0.25) is 0 Å².